The summed E-state index contributed by atoms with van der Waals surface area (Å²) in [5.74, 6) is 0.530. The molecule has 2 heterocycles. The Labute approximate surface area is 170 Å². The molecule has 2 aromatic rings. The second-order valence-corrected chi connectivity index (χ2v) is 11.6. The molecule has 8 heteroatoms. The number of fused-ring (bicyclic) bond motifs is 1. The highest BCUT2D eigenvalue weighted by atomic mass is 32.2. The van der Waals surface area contributed by atoms with Crippen LogP contribution in [0.2, 0.25) is 0 Å². The molecule has 156 valence electrons. The zero-order valence-electron chi connectivity index (χ0n) is 16.8. The molecule has 5 rings (SSSR count). The largest absolute Gasteiger partial charge is 0.351 e. The summed E-state index contributed by atoms with van der Waals surface area (Å²) in [7, 11) is -2.97. The van der Waals surface area contributed by atoms with Crippen LogP contribution >= 0.6 is 0 Å². The number of hydrogen-bond acceptors (Lipinski definition) is 6. The van der Waals surface area contributed by atoms with Crippen molar-refractivity contribution in [1.29, 1.82) is 0 Å². The predicted molar refractivity (Wildman–Crippen MR) is 113 cm³/mol. The van der Waals surface area contributed by atoms with Gasteiger partial charge in [0.1, 0.15) is 15.5 Å². The van der Waals surface area contributed by atoms with Crippen molar-refractivity contribution in [3.05, 3.63) is 28.7 Å². The lowest BCUT2D eigenvalue weighted by Crippen LogP contribution is -2.33. The molecule has 0 aromatic carbocycles. The summed E-state index contributed by atoms with van der Waals surface area (Å²) in [5, 5.41) is 4.04. The van der Waals surface area contributed by atoms with Crippen LogP contribution in [0.25, 0.3) is 11.0 Å². The summed E-state index contributed by atoms with van der Waals surface area (Å²) in [6.07, 6.45) is 11.9. The van der Waals surface area contributed by atoms with E-state index in [0.29, 0.717) is 24.2 Å². The van der Waals surface area contributed by atoms with Gasteiger partial charge in [0, 0.05) is 36.0 Å². The molecule has 0 bridgehead atoms. The third kappa shape index (κ3) is 3.45. The molecule has 0 aliphatic heterocycles. The van der Waals surface area contributed by atoms with Gasteiger partial charge in [0.25, 0.3) is 5.56 Å². The van der Waals surface area contributed by atoms with Gasteiger partial charge in [-0.3, -0.25) is 9.36 Å². The molecule has 1 N–H and O–H groups in total. The number of hydrogen-bond donors (Lipinski definition) is 1. The van der Waals surface area contributed by atoms with E-state index in [0.717, 1.165) is 30.3 Å². The summed E-state index contributed by atoms with van der Waals surface area (Å²) >= 11 is 0. The number of sulfone groups is 1. The fourth-order valence-electron chi connectivity index (χ4n) is 5.49. The third-order valence-electron chi connectivity index (χ3n) is 7.34. The summed E-state index contributed by atoms with van der Waals surface area (Å²) in [6, 6.07) is 3.85. The first-order valence-electron chi connectivity index (χ1n) is 10.7. The van der Waals surface area contributed by atoms with Crippen LogP contribution < -0.4 is 10.9 Å². The van der Waals surface area contributed by atoms with E-state index in [9.17, 15) is 13.2 Å². The second-order valence-electron chi connectivity index (χ2n) is 9.23. The first kappa shape index (κ1) is 19.0. The van der Waals surface area contributed by atoms with Crippen LogP contribution in [0, 0.1) is 5.41 Å². The molecule has 3 fully saturated rings. The van der Waals surface area contributed by atoms with E-state index in [1.54, 1.807) is 12.3 Å². The Kier molecular flexibility index (Phi) is 4.46. The summed E-state index contributed by atoms with van der Waals surface area (Å²) in [4.78, 5) is 22.0. The fraction of sp³-hybridized carbons (Fsp3) is 0.667. The van der Waals surface area contributed by atoms with E-state index in [-0.39, 0.29) is 22.9 Å². The number of rotatable bonds is 4. The monoisotopic (exact) mass is 416 g/mol. The number of anilines is 1. The summed E-state index contributed by atoms with van der Waals surface area (Å²) in [6.45, 7) is 0. The molecule has 2 aromatic heterocycles. The molecule has 0 unspecified atom stereocenters. The van der Waals surface area contributed by atoms with Crippen LogP contribution in [0.4, 0.5) is 5.95 Å². The van der Waals surface area contributed by atoms with Gasteiger partial charge in [-0.15, -0.1) is 0 Å². The van der Waals surface area contributed by atoms with Gasteiger partial charge in [0.05, 0.1) is 5.25 Å². The molecule has 3 aliphatic rings. The van der Waals surface area contributed by atoms with Crippen LogP contribution in [0.3, 0.4) is 0 Å². The van der Waals surface area contributed by atoms with E-state index in [2.05, 4.69) is 10.3 Å². The minimum absolute atomic E-state index is 0.0222. The zero-order chi connectivity index (χ0) is 20.2. The Morgan fingerprint density at radius 2 is 1.86 bits per heavy atom. The standard InChI is InChI=1S/C21H28N4O3S/c1-29(27,28)16-7-5-15(6-8-16)23-20-22-13-14-4-9-18(26)25(19(14)24-20)17-3-2-10-21(17)11-12-21/h4,9,13,15-17H,2-3,5-8,10-12H2,1H3,(H,22,23,24)/t15?,16?,17-/m0/s1. The quantitative estimate of drug-likeness (QED) is 0.823. The van der Waals surface area contributed by atoms with Gasteiger partial charge in [0.2, 0.25) is 5.95 Å². The minimum atomic E-state index is -2.97. The van der Waals surface area contributed by atoms with Gasteiger partial charge in [-0.2, -0.15) is 4.98 Å². The Morgan fingerprint density at radius 1 is 1.10 bits per heavy atom. The molecule has 1 atom stereocenters. The average Bonchev–Trinajstić information content (AvgIpc) is 3.35. The minimum Gasteiger partial charge on any atom is -0.351 e. The van der Waals surface area contributed by atoms with Crippen molar-refractivity contribution >= 4 is 26.8 Å². The number of nitrogens with one attached hydrogen (secondary N) is 1. The Bertz CT molecular complexity index is 1100. The maximum absolute atomic E-state index is 12.8. The van der Waals surface area contributed by atoms with Gasteiger partial charge in [0.15, 0.2) is 0 Å². The number of nitrogens with zero attached hydrogens (tertiary/aromatic N) is 3. The number of pyridine rings is 1. The molecule has 0 radical (unpaired) electrons. The highest BCUT2D eigenvalue weighted by Gasteiger charge is 2.53. The molecule has 0 amide bonds. The van der Waals surface area contributed by atoms with E-state index < -0.39 is 9.84 Å². The van der Waals surface area contributed by atoms with Crippen LogP contribution in [0.1, 0.15) is 63.8 Å². The molecular weight excluding hydrogens is 388 g/mol. The lowest BCUT2D eigenvalue weighted by molar-refractivity contribution is 0.358. The van der Waals surface area contributed by atoms with Crippen molar-refractivity contribution < 1.29 is 8.42 Å². The molecule has 1 spiro atoms. The molecule has 7 nitrogen and oxygen atoms in total. The highest BCUT2D eigenvalue weighted by Crippen LogP contribution is 2.63. The molecule has 0 saturated heterocycles. The SMILES string of the molecule is CS(=O)(=O)C1CCC(Nc2ncc3ccc(=O)n([C@H]4CCCC45CC5)c3n2)CC1. The van der Waals surface area contributed by atoms with E-state index in [1.807, 2.05) is 10.6 Å². The van der Waals surface area contributed by atoms with E-state index in [1.165, 1.54) is 31.9 Å². The van der Waals surface area contributed by atoms with Gasteiger partial charge in [-0.25, -0.2) is 13.4 Å². The van der Waals surface area contributed by atoms with Gasteiger partial charge in [-0.1, -0.05) is 6.42 Å². The average molecular weight is 417 g/mol. The lowest BCUT2D eigenvalue weighted by atomic mass is 9.95. The normalized spacial score (nSPS) is 28.7. The zero-order valence-corrected chi connectivity index (χ0v) is 17.6. The molecule has 3 saturated carbocycles. The Balaban J connectivity index is 1.42. The van der Waals surface area contributed by atoms with Crippen LogP contribution in [-0.2, 0) is 9.84 Å². The maximum atomic E-state index is 12.8. The van der Waals surface area contributed by atoms with Crippen molar-refractivity contribution in [3.63, 3.8) is 0 Å². The maximum Gasteiger partial charge on any atom is 0.252 e. The summed E-state index contributed by atoms with van der Waals surface area (Å²) in [5.41, 5.74) is 1.05. The van der Waals surface area contributed by atoms with Crippen molar-refractivity contribution in [2.75, 3.05) is 11.6 Å². The van der Waals surface area contributed by atoms with Gasteiger partial charge < -0.3 is 5.32 Å². The third-order valence-corrected chi connectivity index (χ3v) is 9.03. The van der Waals surface area contributed by atoms with E-state index >= 15 is 0 Å². The predicted octanol–water partition coefficient (Wildman–Crippen LogP) is 3.06. The van der Waals surface area contributed by atoms with Crippen LogP contribution in [0.5, 0.6) is 0 Å². The Morgan fingerprint density at radius 3 is 2.55 bits per heavy atom. The molecular formula is C21H28N4O3S. The van der Waals surface area contributed by atoms with Crippen LogP contribution in [-0.4, -0.2) is 40.5 Å². The first-order valence-corrected chi connectivity index (χ1v) is 12.6. The van der Waals surface area contributed by atoms with Gasteiger partial charge in [-0.05, 0) is 62.8 Å². The van der Waals surface area contributed by atoms with Gasteiger partial charge >= 0.3 is 0 Å². The Hall–Kier alpha value is -1.96. The molecule has 3 aliphatic carbocycles. The first-order chi connectivity index (χ1) is 13.9. The topological polar surface area (TPSA) is 94.0 Å². The van der Waals surface area contributed by atoms with Crippen molar-refractivity contribution in [2.45, 2.75) is 75.1 Å². The summed E-state index contributed by atoms with van der Waals surface area (Å²) < 4.78 is 25.5. The van der Waals surface area contributed by atoms with Crippen LogP contribution in [0.15, 0.2) is 23.1 Å². The molecule has 29 heavy (non-hydrogen) atoms. The smallest absolute Gasteiger partial charge is 0.252 e. The second kappa shape index (κ2) is 6.79. The lowest BCUT2D eigenvalue weighted by Gasteiger charge is -2.28. The fourth-order valence-corrected chi connectivity index (χ4v) is 6.62. The van der Waals surface area contributed by atoms with Crippen molar-refractivity contribution in [3.8, 4) is 0 Å². The number of aromatic nitrogens is 3. The van der Waals surface area contributed by atoms with Crippen molar-refractivity contribution in [1.82, 2.24) is 14.5 Å². The van der Waals surface area contributed by atoms with Crippen molar-refractivity contribution in [2.24, 2.45) is 5.41 Å². The highest BCUT2D eigenvalue weighted by molar-refractivity contribution is 7.91. The van der Waals surface area contributed by atoms with E-state index in [4.69, 9.17) is 4.98 Å².